The molecule has 15 atom stereocenters. The summed E-state index contributed by atoms with van der Waals surface area (Å²) in [7, 11) is 0. The highest BCUT2D eigenvalue weighted by Gasteiger charge is 2.59. The number of ether oxygens (including phenoxy) is 14. The minimum Gasteiger partial charge on any atom is -0.463 e. The Morgan fingerprint density at radius 1 is 0.361 bits per heavy atom. The van der Waals surface area contributed by atoms with E-state index in [-0.39, 0.29) is 0 Å². The topological polar surface area (TPSA) is 323 Å². The molecule has 3 saturated heterocycles. The van der Waals surface area contributed by atoms with Crippen molar-refractivity contribution in [3.05, 3.63) is 0 Å². The van der Waals surface area contributed by atoms with E-state index in [0.29, 0.717) is 0 Å². The van der Waals surface area contributed by atoms with Crippen LogP contribution in [0.4, 0.5) is 0 Å². The minimum atomic E-state index is -2.00. The van der Waals surface area contributed by atoms with Gasteiger partial charge in [-0.2, -0.15) is 0 Å². The molecule has 0 aliphatic carbocycles. The van der Waals surface area contributed by atoms with Crippen LogP contribution in [-0.4, -0.2) is 176 Å². The van der Waals surface area contributed by atoms with E-state index in [9.17, 15) is 53.4 Å². The van der Waals surface area contributed by atoms with Crippen molar-refractivity contribution in [2.75, 3.05) is 19.8 Å². The number of esters is 9. The number of aliphatic hydroxyl groups excluding tert-OH is 2. The van der Waals surface area contributed by atoms with Crippen molar-refractivity contribution in [3.63, 3.8) is 0 Å². The molecule has 3 aliphatic heterocycles. The molecule has 3 fully saturated rings. The van der Waals surface area contributed by atoms with Gasteiger partial charge in [0.05, 0.1) is 0 Å². The van der Waals surface area contributed by atoms with Crippen LogP contribution >= 0.6 is 0 Å². The van der Waals surface area contributed by atoms with Gasteiger partial charge in [-0.3, -0.25) is 43.2 Å². The van der Waals surface area contributed by atoms with E-state index >= 15 is 0 Å². The first kappa shape index (κ1) is 50.3. The number of aliphatic hydroxyl groups is 2. The number of rotatable bonds is 16. The van der Waals surface area contributed by atoms with Gasteiger partial charge in [0.2, 0.25) is 0 Å². The highest BCUT2D eigenvalue weighted by atomic mass is 16.8. The van der Waals surface area contributed by atoms with Gasteiger partial charge in [-0.25, -0.2) is 0 Å². The maximum atomic E-state index is 12.8. The lowest BCUT2D eigenvalue weighted by atomic mass is 9.95. The lowest BCUT2D eigenvalue weighted by Crippen LogP contribution is -2.68. The molecular formula is C36H50O25. The monoisotopic (exact) mass is 882 g/mol. The van der Waals surface area contributed by atoms with Gasteiger partial charge in [0, 0.05) is 62.3 Å². The third-order valence-electron chi connectivity index (χ3n) is 8.56. The molecule has 0 aromatic carbocycles. The number of carbonyl (C=O) groups is 9. The van der Waals surface area contributed by atoms with Gasteiger partial charge in [-0.15, -0.1) is 0 Å². The Morgan fingerprint density at radius 2 is 0.656 bits per heavy atom. The van der Waals surface area contributed by atoms with Crippen molar-refractivity contribution >= 4 is 53.7 Å². The number of hydrogen-bond acceptors (Lipinski definition) is 25. The van der Waals surface area contributed by atoms with Crippen molar-refractivity contribution in [3.8, 4) is 0 Å². The van der Waals surface area contributed by atoms with E-state index in [1.54, 1.807) is 0 Å². The van der Waals surface area contributed by atoms with Gasteiger partial charge in [-0.1, -0.05) is 0 Å². The highest BCUT2D eigenvalue weighted by Crippen LogP contribution is 2.37. The van der Waals surface area contributed by atoms with E-state index in [2.05, 4.69) is 0 Å². The second kappa shape index (κ2) is 22.7. The average Bonchev–Trinajstić information content (AvgIpc) is 3.12. The first-order valence-corrected chi connectivity index (χ1v) is 18.6. The summed E-state index contributed by atoms with van der Waals surface area (Å²) in [4.78, 5) is 110. The molecule has 25 nitrogen and oxygen atoms in total. The van der Waals surface area contributed by atoms with E-state index in [1.165, 1.54) is 0 Å². The predicted molar refractivity (Wildman–Crippen MR) is 187 cm³/mol. The van der Waals surface area contributed by atoms with E-state index < -0.39 is 166 Å². The second-order valence-electron chi connectivity index (χ2n) is 13.7. The Morgan fingerprint density at radius 3 is 1.05 bits per heavy atom. The minimum absolute atomic E-state index is 0.654. The Kier molecular flexibility index (Phi) is 18.7. The molecule has 0 spiro atoms. The number of hydrogen-bond donors (Lipinski definition) is 2. The first-order valence-electron chi connectivity index (χ1n) is 18.6. The molecule has 0 amide bonds. The summed E-state index contributed by atoms with van der Waals surface area (Å²) >= 11 is 0. The molecule has 3 heterocycles. The zero-order valence-electron chi connectivity index (χ0n) is 34.6. The van der Waals surface area contributed by atoms with Crippen LogP contribution in [0.25, 0.3) is 0 Å². The lowest BCUT2D eigenvalue weighted by Gasteiger charge is -2.50. The lowest BCUT2D eigenvalue weighted by molar-refractivity contribution is -0.378. The molecule has 0 unspecified atom stereocenters. The van der Waals surface area contributed by atoms with E-state index in [0.717, 1.165) is 62.3 Å². The van der Waals surface area contributed by atoms with E-state index in [4.69, 9.17) is 66.3 Å². The van der Waals surface area contributed by atoms with Crippen molar-refractivity contribution in [2.45, 2.75) is 154 Å². The summed E-state index contributed by atoms with van der Waals surface area (Å²) in [5, 5.41) is 22.3. The molecule has 0 saturated carbocycles. The standard InChI is InChI=1S/C36H50O25/c1-13(37)48-10-22-26(51-16(4)40)25(46)29(52-17(5)41)35(58-22)60-28-24(12-50-15(3)39)59-36(33(56-21(9)45)31(28)54-19(7)43)61-27-23(11-49-14(2)38)57-34(47)32(55-20(8)44)30(27)53-18(6)42/h22-36,46-47H,10-12H2,1-9H3/t22-,23-,24-,25+,26+,27-,28+,29-,30+,31+,32-,33-,34-,35-,36+/m1/s1. The van der Waals surface area contributed by atoms with Crippen molar-refractivity contribution in [1.82, 2.24) is 0 Å². The zero-order valence-corrected chi connectivity index (χ0v) is 34.6. The number of carbonyl (C=O) groups excluding carboxylic acids is 9. The molecule has 0 aromatic heterocycles. The van der Waals surface area contributed by atoms with Crippen LogP contribution in [0, 0.1) is 0 Å². The van der Waals surface area contributed by atoms with Crippen LogP contribution in [0.2, 0.25) is 0 Å². The maximum Gasteiger partial charge on any atom is 0.303 e. The van der Waals surface area contributed by atoms with Crippen molar-refractivity contribution in [2.24, 2.45) is 0 Å². The largest absolute Gasteiger partial charge is 0.463 e. The fourth-order valence-electron chi connectivity index (χ4n) is 6.47. The summed E-state index contributed by atoms with van der Waals surface area (Å²) in [6, 6.07) is 0. The van der Waals surface area contributed by atoms with Gasteiger partial charge < -0.3 is 76.5 Å². The molecule has 344 valence electrons. The Hall–Kier alpha value is -5.05. The smallest absolute Gasteiger partial charge is 0.303 e. The van der Waals surface area contributed by atoms with Gasteiger partial charge in [-0.05, 0) is 0 Å². The molecule has 3 rings (SSSR count). The third-order valence-corrected chi connectivity index (χ3v) is 8.56. The van der Waals surface area contributed by atoms with Crippen LogP contribution in [0.5, 0.6) is 0 Å². The van der Waals surface area contributed by atoms with Crippen molar-refractivity contribution < 1.29 is 120 Å². The van der Waals surface area contributed by atoms with Gasteiger partial charge >= 0.3 is 53.7 Å². The second-order valence-corrected chi connectivity index (χ2v) is 13.7. The highest BCUT2D eigenvalue weighted by molar-refractivity contribution is 5.69. The summed E-state index contributed by atoms with van der Waals surface area (Å²) in [5.41, 5.74) is 0. The molecule has 0 aromatic rings. The van der Waals surface area contributed by atoms with Crippen LogP contribution in [0.3, 0.4) is 0 Å². The molecule has 61 heavy (non-hydrogen) atoms. The summed E-state index contributed by atoms with van der Waals surface area (Å²) in [6.45, 7) is 6.79. The summed E-state index contributed by atoms with van der Waals surface area (Å²) in [6.07, 6.45) is -27.1. The Bertz CT molecular complexity index is 1610. The van der Waals surface area contributed by atoms with Gasteiger partial charge in [0.1, 0.15) is 56.4 Å². The Balaban J connectivity index is 2.22. The van der Waals surface area contributed by atoms with Gasteiger partial charge in [0.25, 0.3) is 0 Å². The quantitative estimate of drug-likeness (QED) is 0.120. The molecule has 25 heteroatoms. The molecule has 2 N–H and O–H groups in total. The maximum absolute atomic E-state index is 12.8. The zero-order chi connectivity index (χ0) is 45.9. The molecule has 3 aliphatic rings. The van der Waals surface area contributed by atoms with Crippen molar-refractivity contribution in [1.29, 1.82) is 0 Å². The first-order chi connectivity index (χ1) is 28.5. The van der Waals surface area contributed by atoms with Crippen LogP contribution < -0.4 is 0 Å². The fraction of sp³-hybridized carbons (Fsp3) is 0.750. The van der Waals surface area contributed by atoms with E-state index in [1.807, 2.05) is 0 Å². The summed E-state index contributed by atoms with van der Waals surface area (Å²) in [5.74, 6) is -8.50. The third kappa shape index (κ3) is 14.8. The normalized spacial score (nSPS) is 33.4. The molecule has 0 bridgehead atoms. The van der Waals surface area contributed by atoms with Crippen LogP contribution in [-0.2, 0) is 109 Å². The Labute approximate surface area is 347 Å². The SMILES string of the molecule is CC(=O)OC[C@H]1O[C@H](O[C@@H]2[C@H](OC(C)=O)[C@@H](OC(C)=O)[C@H](O[C@H]3[C@H](OC(C)=O)[C@@H](OC(C)=O)[C@H](O)O[C@@H]3COC(C)=O)O[C@@H]2COC(C)=O)[C@H](OC(C)=O)[C@@H](O)[C@H]1OC(C)=O. The van der Waals surface area contributed by atoms with Gasteiger partial charge in [0.15, 0.2) is 55.5 Å². The summed E-state index contributed by atoms with van der Waals surface area (Å²) < 4.78 is 77.9. The molecule has 0 radical (unpaired) electrons. The average molecular weight is 883 g/mol. The molecular weight excluding hydrogens is 832 g/mol. The fourth-order valence-corrected chi connectivity index (χ4v) is 6.47. The van der Waals surface area contributed by atoms with Crippen LogP contribution in [0.1, 0.15) is 62.3 Å². The predicted octanol–water partition coefficient (Wildman–Crippen LogP) is -2.44. The van der Waals surface area contributed by atoms with Crippen LogP contribution in [0.15, 0.2) is 0 Å².